The third-order valence-electron chi connectivity index (χ3n) is 1.24. The number of amides is 1. The Morgan fingerprint density at radius 1 is 1.58 bits per heavy atom. The summed E-state index contributed by atoms with van der Waals surface area (Å²) in [6.07, 6.45) is 0.296. The number of hydrogen-bond acceptors (Lipinski definition) is 4. The number of aliphatic carboxylic acids is 1. The highest BCUT2D eigenvalue weighted by Gasteiger charge is 2.17. The Kier molecular flexibility index (Phi) is 5.48. The Bertz CT molecular complexity index is 172. The predicted molar refractivity (Wildman–Crippen MR) is 47.1 cm³/mol. The summed E-state index contributed by atoms with van der Waals surface area (Å²) in [5.74, 6) is -1.13. The van der Waals surface area contributed by atoms with E-state index in [4.69, 9.17) is 10.8 Å². The molecule has 0 aromatic rings. The highest BCUT2D eigenvalue weighted by molar-refractivity contribution is 7.80. The zero-order chi connectivity index (χ0) is 9.56. The molecule has 0 saturated carbocycles. The van der Waals surface area contributed by atoms with Crippen molar-refractivity contribution in [1.82, 2.24) is 5.32 Å². The van der Waals surface area contributed by atoms with Gasteiger partial charge in [-0.05, 0) is 12.2 Å². The quantitative estimate of drug-likeness (QED) is 0.413. The van der Waals surface area contributed by atoms with Crippen LogP contribution in [-0.2, 0) is 9.59 Å². The summed E-state index contributed by atoms with van der Waals surface area (Å²) in [5, 5.41) is 10.8. The van der Waals surface area contributed by atoms with E-state index in [-0.39, 0.29) is 6.54 Å². The van der Waals surface area contributed by atoms with E-state index in [0.717, 1.165) is 0 Å². The molecular weight excluding hydrogens is 180 g/mol. The second kappa shape index (κ2) is 5.84. The summed E-state index contributed by atoms with van der Waals surface area (Å²) in [6.45, 7) is -0.198. The number of carboxylic acids is 1. The molecule has 0 aliphatic carbocycles. The van der Waals surface area contributed by atoms with E-state index in [1.807, 2.05) is 0 Å². The Hall–Kier alpha value is -0.750. The van der Waals surface area contributed by atoms with Crippen LogP contribution in [0.2, 0.25) is 0 Å². The minimum atomic E-state index is -1.06. The van der Waals surface area contributed by atoms with Crippen molar-refractivity contribution < 1.29 is 14.7 Å². The topological polar surface area (TPSA) is 92.4 Å². The van der Waals surface area contributed by atoms with Crippen LogP contribution in [0.15, 0.2) is 0 Å². The second-order valence-electron chi connectivity index (χ2n) is 2.17. The van der Waals surface area contributed by atoms with Crippen molar-refractivity contribution in [2.75, 3.05) is 12.3 Å². The van der Waals surface area contributed by atoms with Crippen LogP contribution in [0.4, 0.5) is 0 Å². The number of rotatable bonds is 5. The lowest BCUT2D eigenvalue weighted by Gasteiger charge is -2.11. The minimum absolute atomic E-state index is 0.198. The van der Waals surface area contributed by atoms with Gasteiger partial charge in [0, 0.05) is 0 Å². The molecule has 5 nitrogen and oxygen atoms in total. The number of nitrogens with two attached hydrogens (primary N) is 1. The number of carboxylic acid groups (broad SMARTS) is 1. The van der Waals surface area contributed by atoms with Gasteiger partial charge in [0.1, 0.15) is 6.04 Å². The fourth-order valence-corrected chi connectivity index (χ4v) is 0.898. The van der Waals surface area contributed by atoms with Crippen LogP contribution in [0.3, 0.4) is 0 Å². The van der Waals surface area contributed by atoms with Crippen molar-refractivity contribution in [3.63, 3.8) is 0 Å². The predicted octanol–water partition coefficient (Wildman–Crippen LogP) is -1.17. The van der Waals surface area contributed by atoms with Crippen LogP contribution < -0.4 is 11.1 Å². The molecule has 0 aliphatic heterocycles. The smallest absolute Gasteiger partial charge is 0.326 e. The Morgan fingerprint density at radius 2 is 2.17 bits per heavy atom. The van der Waals surface area contributed by atoms with Crippen LogP contribution in [0, 0.1) is 0 Å². The van der Waals surface area contributed by atoms with Gasteiger partial charge in [-0.3, -0.25) is 4.79 Å². The molecule has 4 N–H and O–H groups in total. The van der Waals surface area contributed by atoms with Gasteiger partial charge in [-0.1, -0.05) is 0 Å². The standard InChI is InChI=1S/C6H12N2O3S/c7-3-5(9)8-4(1-2-12)6(10)11/h4,12H,1-3,7H2,(H,8,9)(H,10,11). The number of nitrogens with one attached hydrogen (secondary N) is 1. The first-order chi connectivity index (χ1) is 5.61. The molecule has 1 atom stereocenters. The molecule has 0 aliphatic rings. The van der Waals surface area contributed by atoms with Gasteiger partial charge < -0.3 is 16.2 Å². The van der Waals surface area contributed by atoms with Crippen molar-refractivity contribution >= 4 is 24.5 Å². The summed E-state index contributed by atoms with van der Waals surface area (Å²) in [4.78, 5) is 21.1. The maximum atomic E-state index is 10.7. The fourth-order valence-electron chi connectivity index (χ4n) is 0.640. The van der Waals surface area contributed by atoms with Gasteiger partial charge in [0.25, 0.3) is 0 Å². The monoisotopic (exact) mass is 192 g/mol. The molecule has 12 heavy (non-hydrogen) atoms. The summed E-state index contributed by atoms with van der Waals surface area (Å²) < 4.78 is 0. The van der Waals surface area contributed by atoms with Crippen LogP contribution in [0.25, 0.3) is 0 Å². The third-order valence-corrected chi connectivity index (χ3v) is 1.49. The summed E-state index contributed by atoms with van der Waals surface area (Å²) in [7, 11) is 0. The van der Waals surface area contributed by atoms with Crippen molar-refractivity contribution in [2.45, 2.75) is 12.5 Å². The van der Waals surface area contributed by atoms with Crippen molar-refractivity contribution in [3.8, 4) is 0 Å². The Morgan fingerprint density at radius 3 is 2.50 bits per heavy atom. The Balaban J connectivity index is 3.95. The summed E-state index contributed by atoms with van der Waals surface area (Å²) >= 11 is 3.86. The summed E-state index contributed by atoms with van der Waals surface area (Å²) in [5.41, 5.74) is 4.99. The molecule has 6 heteroatoms. The van der Waals surface area contributed by atoms with Gasteiger partial charge in [0.2, 0.25) is 5.91 Å². The van der Waals surface area contributed by atoms with Crippen LogP contribution in [0.5, 0.6) is 0 Å². The number of hydrogen-bond donors (Lipinski definition) is 4. The average Bonchev–Trinajstić information content (AvgIpc) is 2.03. The highest BCUT2D eigenvalue weighted by Crippen LogP contribution is 1.93. The van der Waals surface area contributed by atoms with E-state index < -0.39 is 17.9 Å². The van der Waals surface area contributed by atoms with Gasteiger partial charge in [-0.25, -0.2) is 4.79 Å². The van der Waals surface area contributed by atoms with Gasteiger partial charge in [0.15, 0.2) is 0 Å². The number of carbonyl (C=O) groups is 2. The minimum Gasteiger partial charge on any atom is -0.480 e. The van der Waals surface area contributed by atoms with Gasteiger partial charge in [-0.15, -0.1) is 0 Å². The molecule has 0 aromatic heterocycles. The molecule has 0 aromatic carbocycles. The van der Waals surface area contributed by atoms with E-state index in [1.54, 1.807) is 0 Å². The SMILES string of the molecule is NCC(=O)NC(CCS)C(=O)O. The lowest BCUT2D eigenvalue weighted by molar-refractivity contribution is -0.141. The third kappa shape index (κ3) is 4.20. The highest BCUT2D eigenvalue weighted by atomic mass is 32.1. The number of thiol groups is 1. The summed E-state index contributed by atoms with van der Waals surface area (Å²) in [6, 6.07) is -0.876. The maximum Gasteiger partial charge on any atom is 0.326 e. The first-order valence-corrected chi connectivity index (χ1v) is 4.08. The largest absolute Gasteiger partial charge is 0.480 e. The average molecular weight is 192 g/mol. The molecule has 1 unspecified atom stereocenters. The van der Waals surface area contributed by atoms with Crippen LogP contribution in [0.1, 0.15) is 6.42 Å². The molecule has 0 saturated heterocycles. The molecule has 0 spiro atoms. The molecule has 70 valence electrons. The lowest BCUT2D eigenvalue weighted by Crippen LogP contribution is -2.43. The van der Waals surface area contributed by atoms with Gasteiger partial charge >= 0.3 is 5.97 Å². The maximum absolute atomic E-state index is 10.7. The van der Waals surface area contributed by atoms with Crippen LogP contribution >= 0.6 is 12.6 Å². The zero-order valence-electron chi connectivity index (χ0n) is 6.49. The molecular formula is C6H12N2O3S. The van der Waals surface area contributed by atoms with E-state index >= 15 is 0 Å². The van der Waals surface area contributed by atoms with Gasteiger partial charge in [0.05, 0.1) is 6.54 Å². The van der Waals surface area contributed by atoms with Crippen molar-refractivity contribution in [2.24, 2.45) is 5.73 Å². The first kappa shape index (κ1) is 11.2. The van der Waals surface area contributed by atoms with E-state index in [9.17, 15) is 9.59 Å². The molecule has 0 bridgehead atoms. The van der Waals surface area contributed by atoms with E-state index in [2.05, 4.69) is 17.9 Å². The second-order valence-corrected chi connectivity index (χ2v) is 2.62. The molecule has 0 fully saturated rings. The molecule has 0 rings (SSSR count). The van der Waals surface area contributed by atoms with Crippen LogP contribution in [-0.4, -0.2) is 35.3 Å². The molecule has 1 amide bonds. The number of carbonyl (C=O) groups excluding carboxylic acids is 1. The van der Waals surface area contributed by atoms with E-state index in [0.29, 0.717) is 12.2 Å². The zero-order valence-corrected chi connectivity index (χ0v) is 7.38. The van der Waals surface area contributed by atoms with Gasteiger partial charge in [-0.2, -0.15) is 12.6 Å². The normalized spacial score (nSPS) is 12.2. The van der Waals surface area contributed by atoms with Crippen molar-refractivity contribution in [3.05, 3.63) is 0 Å². The molecule has 0 heterocycles. The van der Waals surface area contributed by atoms with Crippen molar-refractivity contribution in [1.29, 1.82) is 0 Å². The van der Waals surface area contributed by atoms with E-state index in [1.165, 1.54) is 0 Å². The Labute approximate surface area is 75.7 Å². The fraction of sp³-hybridized carbons (Fsp3) is 0.667. The molecule has 0 radical (unpaired) electrons. The first-order valence-electron chi connectivity index (χ1n) is 3.45. The lowest BCUT2D eigenvalue weighted by atomic mass is 10.2.